The lowest BCUT2D eigenvalue weighted by Gasteiger charge is -2.41. The maximum Gasteiger partial charge on any atom is 0.308 e. The molecule has 39 heavy (non-hydrogen) atoms. The van der Waals surface area contributed by atoms with Crippen molar-refractivity contribution in [2.45, 2.75) is 115 Å². The van der Waals surface area contributed by atoms with Crippen molar-refractivity contribution in [3.8, 4) is 0 Å². The van der Waals surface area contributed by atoms with Crippen LogP contribution in [0.2, 0.25) is 0 Å². The molecule has 4 N–H and O–H groups in total. The van der Waals surface area contributed by atoms with Crippen molar-refractivity contribution in [1.82, 2.24) is 0 Å². The van der Waals surface area contributed by atoms with Gasteiger partial charge in [-0.2, -0.15) is 0 Å². The molecule has 0 saturated carbocycles. The molecular formula is C28H55NO10. The third kappa shape index (κ3) is 26.6. The first-order valence-electron chi connectivity index (χ1n) is 14.7. The van der Waals surface area contributed by atoms with Gasteiger partial charge in [0, 0.05) is 12.8 Å². The van der Waals surface area contributed by atoms with Crippen molar-refractivity contribution >= 4 is 11.9 Å². The monoisotopic (exact) mass is 565 g/mol. The second-order valence-corrected chi connectivity index (χ2v) is 10.5. The van der Waals surface area contributed by atoms with Crippen LogP contribution in [-0.4, -0.2) is 103 Å². The Kier molecular flexibility index (Phi) is 24.7. The Morgan fingerprint density at radius 2 is 1.08 bits per heavy atom. The Morgan fingerprint density at radius 3 is 1.41 bits per heavy atom. The molecule has 0 aliphatic carbocycles. The van der Waals surface area contributed by atoms with Gasteiger partial charge in [0.05, 0.1) is 45.7 Å². The zero-order chi connectivity index (χ0) is 29.2. The number of rotatable bonds is 22. The average Bonchev–Trinajstić information content (AvgIpc) is 2.91. The first kappa shape index (κ1) is 37.7. The van der Waals surface area contributed by atoms with Gasteiger partial charge in [-0.1, -0.05) is 64.2 Å². The van der Waals surface area contributed by atoms with Crippen molar-refractivity contribution < 1.29 is 48.9 Å². The van der Waals surface area contributed by atoms with Crippen LogP contribution >= 0.6 is 0 Å². The number of hydroxylamine groups is 3. The highest BCUT2D eigenvalue weighted by Gasteiger charge is 2.14. The standard InChI is InChI=1S/C23H44O8.C5H11NO2/c24-17-20(26)13-9-5-1-3-7-11-15-22(28)30-19-31-23(29)16-12-8-4-2-6-10-14-21(27)18-25;1-6(7)2-4-8-5-3-6/h20-21,24-27H,1-19H2;2-5H2,1H3. The van der Waals surface area contributed by atoms with Crippen LogP contribution in [-0.2, 0) is 23.8 Å². The number of nitrogens with zero attached hydrogens (tertiary/aromatic N) is 1. The van der Waals surface area contributed by atoms with Gasteiger partial charge in [0.1, 0.15) is 13.1 Å². The first-order chi connectivity index (χ1) is 18.7. The second kappa shape index (κ2) is 25.6. The van der Waals surface area contributed by atoms with Gasteiger partial charge in [-0.25, -0.2) is 0 Å². The molecule has 1 rings (SSSR count). The number of hydrogen-bond donors (Lipinski definition) is 4. The molecule has 1 heterocycles. The van der Waals surface area contributed by atoms with Crippen molar-refractivity contribution in [2.75, 3.05) is 53.4 Å². The number of quaternary nitrogens is 1. The molecule has 0 amide bonds. The van der Waals surface area contributed by atoms with Crippen molar-refractivity contribution in [1.29, 1.82) is 0 Å². The Labute approximate surface area is 234 Å². The Morgan fingerprint density at radius 1 is 0.718 bits per heavy atom. The van der Waals surface area contributed by atoms with Crippen molar-refractivity contribution in [3.05, 3.63) is 5.21 Å². The molecule has 2 atom stereocenters. The van der Waals surface area contributed by atoms with E-state index in [1.165, 1.54) is 0 Å². The molecule has 1 aliphatic rings. The van der Waals surface area contributed by atoms with E-state index in [1.54, 1.807) is 7.05 Å². The molecule has 2 unspecified atom stereocenters. The summed E-state index contributed by atoms with van der Waals surface area (Å²) in [6, 6.07) is 0. The van der Waals surface area contributed by atoms with Gasteiger partial charge in [0.15, 0.2) is 0 Å². The number of unbranched alkanes of at least 4 members (excludes halogenated alkanes) is 10. The predicted octanol–water partition coefficient (Wildman–Crippen LogP) is 2.94. The lowest BCUT2D eigenvalue weighted by Crippen LogP contribution is -2.46. The van der Waals surface area contributed by atoms with E-state index in [0.29, 0.717) is 52.0 Å². The average molecular weight is 566 g/mol. The fourth-order valence-corrected chi connectivity index (χ4v) is 3.93. The summed E-state index contributed by atoms with van der Waals surface area (Å²) in [5.41, 5.74) is 0. The van der Waals surface area contributed by atoms with Crippen LogP contribution in [0.1, 0.15) is 103 Å². The van der Waals surface area contributed by atoms with Crippen molar-refractivity contribution in [2.24, 2.45) is 0 Å². The molecule has 1 aliphatic heterocycles. The van der Waals surface area contributed by atoms with E-state index in [0.717, 1.165) is 77.0 Å². The minimum Gasteiger partial charge on any atom is -0.633 e. The van der Waals surface area contributed by atoms with Crippen LogP contribution in [0.25, 0.3) is 0 Å². The van der Waals surface area contributed by atoms with E-state index >= 15 is 0 Å². The lowest BCUT2D eigenvalue weighted by molar-refractivity contribution is -0.869. The van der Waals surface area contributed by atoms with E-state index in [2.05, 4.69) is 0 Å². The Balaban J connectivity index is 0.00000152. The molecule has 1 saturated heterocycles. The molecule has 11 heteroatoms. The molecule has 1 fully saturated rings. The van der Waals surface area contributed by atoms with Crippen molar-refractivity contribution in [3.63, 3.8) is 0 Å². The van der Waals surface area contributed by atoms with E-state index in [-0.39, 0.29) is 36.6 Å². The normalized spacial score (nSPS) is 16.1. The maximum absolute atomic E-state index is 11.6. The minimum absolute atomic E-state index is 0.125. The fourth-order valence-electron chi connectivity index (χ4n) is 3.93. The van der Waals surface area contributed by atoms with Crippen LogP contribution in [0.15, 0.2) is 0 Å². The molecule has 0 aromatic rings. The predicted molar refractivity (Wildman–Crippen MR) is 147 cm³/mol. The summed E-state index contributed by atoms with van der Waals surface area (Å²) in [6.45, 7) is 1.79. The molecule has 11 nitrogen and oxygen atoms in total. The number of morpholine rings is 1. The molecule has 0 aromatic heterocycles. The van der Waals surface area contributed by atoms with Crippen LogP contribution in [0, 0.1) is 5.21 Å². The van der Waals surface area contributed by atoms with Gasteiger partial charge in [-0.15, -0.1) is 0 Å². The molecule has 0 spiro atoms. The van der Waals surface area contributed by atoms with E-state index in [4.69, 9.17) is 24.4 Å². The van der Waals surface area contributed by atoms with Gasteiger partial charge >= 0.3 is 11.9 Å². The SMILES string of the molecule is C[N+]1([O-])CCOCC1.O=C(CCCCCCCCC(O)CO)OCOC(=O)CCCCCCCCC(O)CO. The number of aliphatic hydroxyl groups excluding tert-OH is 4. The third-order valence-corrected chi connectivity index (χ3v) is 6.62. The van der Waals surface area contributed by atoms with Crippen LogP contribution < -0.4 is 0 Å². The highest BCUT2D eigenvalue weighted by atomic mass is 16.7. The number of ether oxygens (including phenoxy) is 3. The molecule has 0 aromatic carbocycles. The van der Waals surface area contributed by atoms with Crippen LogP contribution in [0.3, 0.4) is 0 Å². The van der Waals surface area contributed by atoms with Gasteiger partial charge in [-0.05, 0) is 25.7 Å². The number of carbonyl (C=O) groups is 2. The number of aliphatic hydroxyl groups is 4. The number of hydrogen-bond acceptors (Lipinski definition) is 10. The summed E-state index contributed by atoms with van der Waals surface area (Å²) in [6.07, 6.45) is 11.9. The highest BCUT2D eigenvalue weighted by molar-refractivity contribution is 5.70. The van der Waals surface area contributed by atoms with Gasteiger partial charge in [-0.3, -0.25) is 9.59 Å². The number of likely N-dealkylation sites (N-methyl/N-ethyl adjacent to an activating group) is 1. The maximum atomic E-state index is 11.6. The smallest absolute Gasteiger partial charge is 0.308 e. The lowest BCUT2D eigenvalue weighted by atomic mass is 10.1. The zero-order valence-corrected chi connectivity index (χ0v) is 24.1. The van der Waals surface area contributed by atoms with Gasteiger partial charge in [0.25, 0.3) is 0 Å². The van der Waals surface area contributed by atoms with E-state index in [9.17, 15) is 25.0 Å². The summed E-state index contributed by atoms with van der Waals surface area (Å²) in [7, 11) is 1.68. The Bertz CT molecular complexity index is 545. The van der Waals surface area contributed by atoms with Crippen LogP contribution in [0.4, 0.5) is 0 Å². The molecule has 0 radical (unpaired) electrons. The fraction of sp³-hybridized carbons (Fsp3) is 0.929. The van der Waals surface area contributed by atoms with E-state index in [1.807, 2.05) is 0 Å². The first-order valence-corrected chi connectivity index (χ1v) is 14.7. The Hall–Kier alpha value is -1.34. The van der Waals surface area contributed by atoms with Gasteiger partial charge < -0.3 is 44.5 Å². The van der Waals surface area contributed by atoms with Crippen LogP contribution in [0.5, 0.6) is 0 Å². The molecule has 0 bridgehead atoms. The zero-order valence-electron chi connectivity index (χ0n) is 24.1. The van der Waals surface area contributed by atoms with E-state index < -0.39 is 12.2 Å². The summed E-state index contributed by atoms with van der Waals surface area (Å²) in [4.78, 5) is 23.2. The third-order valence-electron chi connectivity index (χ3n) is 6.62. The summed E-state index contributed by atoms with van der Waals surface area (Å²) in [5.74, 6) is -0.713. The number of esters is 2. The second-order valence-electron chi connectivity index (χ2n) is 10.5. The molecular weight excluding hydrogens is 510 g/mol. The summed E-state index contributed by atoms with van der Waals surface area (Å²) < 4.78 is 14.7. The largest absolute Gasteiger partial charge is 0.633 e. The van der Waals surface area contributed by atoms with Gasteiger partial charge in [0.2, 0.25) is 6.79 Å². The quantitative estimate of drug-likeness (QED) is 0.0504. The molecule has 232 valence electrons. The topological polar surface area (TPSA) is 166 Å². The highest BCUT2D eigenvalue weighted by Crippen LogP contribution is 2.12. The minimum atomic E-state index is -0.612. The summed E-state index contributed by atoms with van der Waals surface area (Å²) >= 11 is 0. The number of carbonyl (C=O) groups excluding carboxylic acids is 2. The summed E-state index contributed by atoms with van der Waals surface area (Å²) in [5, 5.41) is 46.9.